The maximum absolute atomic E-state index is 5.88. The van der Waals surface area contributed by atoms with Crippen molar-refractivity contribution < 1.29 is 0 Å². The Labute approximate surface area is 92.1 Å². The number of hydrogen-bond donors (Lipinski definition) is 2. The first kappa shape index (κ1) is 11.8. The van der Waals surface area contributed by atoms with Crippen molar-refractivity contribution >= 4 is 11.5 Å². The van der Waals surface area contributed by atoms with Crippen LogP contribution in [-0.4, -0.2) is 11.0 Å². The summed E-state index contributed by atoms with van der Waals surface area (Å²) in [5, 5.41) is 3.33. The number of nitrogen functional groups attached to an aromatic ring is 1. The van der Waals surface area contributed by atoms with Gasteiger partial charge in [-0.25, -0.2) is 4.98 Å². The topological polar surface area (TPSA) is 50.9 Å². The fourth-order valence-electron chi connectivity index (χ4n) is 1.71. The molecular weight excluding hydrogens is 186 g/mol. The number of rotatable bonds is 4. The summed E-state index contributed by atoms with van der Waals surface area (Å²) in [7, 11) is 0. The maximum Gasteiger partial charge on any atom is 0.149 e. The molecule has 0 fully saturated rings. The molecule has 1 aromatic heterocycles. The number of nitrogens with two attached hydrogens (primary N) is 1. The van der Waals surface area contributed by atoms with Gasteiger partial charge in [0.1, 0.15) is 5.82 Å². The van der Waals surface area contributed by atoms with Gasteiger partial charge in [0.15, 0.2) is 0 Å². The minimum absolute atomic E-state index is 0.405. The predicted molar refractivity (Wildman–Crippen MR) is 65.9 cm³/mol. The highest BCUT2D eigenvalue weighted by Crippen LogP contribution is 2.18. The van der Waals surface area contributed by atoms with Gasteiger partial charge in [-0.05, 0) is 37.8 Å². The second kappa shape index (κ2) is 5.01. The van der Waals surface area contributed by atoms with Gasteiger partial charge in [-0.15, -0.1) is 0 Å². The molecule has 0 aliphatic carbocycles. The molecule has 0 bridgehead atoms. The zero-order chi connectivity index (χ0) is 11.4. The van der Waals surface area contributed by atoms with Crippen LogP contribution in [0.1, 0.15) is 32.8 Å². The van der Waals surface area contributed by atoms with E-state index in [0.717, 1.165) is 23.5 Å². The van der Waals surface area contributed by atoms with Crippen molar-refractivity contribution in [2.45, 2.75) is 40.2 Å². The van der Waals surface area contributed by atoms with Crippen molar-refractivity contribution in [1.82, 2.24) is 4.98 Å². The lowest BCUT2D eigenvalue weighted by molar-refractivity contribution is 0.539. The molecule has 0 saturated carbocycles. The molecule has 1 atom stereocenters. The summed E-state index contributed by atoms with van der Waals surface area (Å²) in [5.74, 6) is 1.48. The highest BCUT2D eigenvalue weighted by atomic mass is 15.0. The van der Waals surface area contributed by atoms with E-state index in [0.29, 0.717) is 12.0 Å². The molecule has 0 aliphatic rings. The van der Waals surface area contributed by atoms with Gasteiger partial charge < -0.3 is 11.1 Å². The third-order valence-corrected chi connectivity index (χ3v) is 2.26. The van der Waals surface area contributed by atoms with Gasteiger partial charge in [0, 0.05) is 12.2 Å². The minimum Gasteiger partial charge on any atom is -0.396 e. The van der Waals surface area contributed by atoms with Gasteiger partial charge in [0.2, 0.25) is 0 Å². The molecule has 1 rings (SSSR count). The van der Waals surface area contributed by atoms with Gasteiger partial charge in [-0.2, -0.15) is 0 Å². The van der Waals surface area contributed by atoms with Gasteiger partial charge in [-0.3, -0.25) is 0 Å². The van der Waals surface area contributed by atoms with Crippen molar-refractivity contribution in [2.24, 2.45) is 5.92 Å². The van der Waals surface area contributed by atoms with Gasteiger partial charge in [0.25, 0.3) is 0 Å². The number of hydrogen-bond acceptors (Lipinski definition) is 3. The SMILES string of the molecule is Cc1cnc(NC(C)CC(C)C)c(N)c1. The summed E-state index contributed by atoms with van der Waals surface area (Å²) in [6.45, 7) is 8.57. The van der Waals surface area contributed by atoms with Crippen LogP contribution in [0.5, 0.6) is 0 Å². The number of aryl methyl sites for hydroxylation is 1. The largest absolute Gasteiger partial charge is 0.396 e. The molecule has 0 spiro atoms. The van der Waals surface area contributed by atoms with Crippen molar-refractivity contribution in [3.63, 3.8) is 0 Å². The Morgan fingerprint density at radius 3 is 2.60 bits per heavy atom. The van der Waals surface area contributed by atoms with Crippen LogP contribution in [0.15, 0.2) is 12.3 Å². The molecular formula is C12H21N3. The molecule has 0 aliphatic heterocycles. The molecule has 84 valence electrons. The third kappa shape index (κ3) is 3.78. The average molecular weight is 207 g/mol. The molecule has 1 unspecified atom stereocenters. The van der Waals surface area contributed by atoms with Crippen molar-refractivity contribution in [3.8, 4) is 0 Å². The Morgan fingerprint density at radius 2 is 2.07 bits per heavy atom. The van der Waals surface area contributed by atoms with Crippen molar-refractivity contribution in [2.75, 3.05) is 11.1 Å². The molecule has 3 N–H and O–H groups in total. The first-order valence-corrected chi connectivity index (χ1v) is 5.47. The monoisotopic (exact) mass is 207 g/mol. The van der Waals surface area contributed by atoms with Crippen LogP contribution in [0.4, 0.5) is 11.5 Å². The van der Waals surface area contributed by atoms with Crippen LogP contribution < -0.4 is 11.1 Å². The molecule has 1 heterocycles. The Kier molecular flexibility index (Phi) is 3.95. The van der Waals surface area contributed by atoms with Crippen molar-refractivity contribution in [3.05, 3.63) is 17.8 Å². The van der Waals surface area contributed by atoms with E-state index in [2.05, 4.69) is 31.1 Å². The number of nitrogens with one attached hydrogen (secondary N) is 1. The number of nitrogens with zero attached hydrogens (tertiary/aromatic N) is 1. The molecule has 1 aromatic rings. The van der Waals surface area contributed by atoms with E-state index >= 15 is 0 Å². The van der Waals surface area contributed by atoms with E-state index in [-0.39, 0.29) is 0 Å². The van der Waals surface area contributed by atoms with Crippen LogP contribution in [-0.2, 0) is 0 Å². The Balaban J connectivity index is 2.64. The lowest BCUT2D eigenvalue weighted by Crippen LogP contribution is -2.19. The van der Waals surface area contributed by atoms with E-state index in [1.54, 1.807) is 0 Å². The molecule has 0 amide bonds. The molecule has 3 heteroatoms. The van der Waals surface area contributed by atoms with Crippen LogP contribution in [0.3, 0.4) is 0 Å². The number of pyridine rings is 1. The molecule has 0 radical (unpaired) electrons. The second-order valence-electron chi connectivity index (χ2n) is 4.63. The van der Waals surface area contributed by atoms with E-state index in [9.17, 15) is 0 Å². The van der Waals surface area contributed by atoms with Crippen LogP contribution in [0, 0.1) is 12.8 Å². The Hall–Kier alpha value is -1.25. The normalized spacial score (nSPS) is 12.9. The second-order valence-corrected chi connectivity index (χ2v) is 4.63. The van der Waals surface area contributed by atoms with E-state index in [1.807, 2.05) is 19.2 Å². The van der Waals surface area contributed by atoms with E-state index in [1.165, 1.54) is 0 Å². The number of anilines is 2. The summed E-state index contributed by atoms with van der Waals surface area (Å²) in [4.78, 5) is 4.29. The zero-order valence-corrected chi connectivity index (χ0v) is 10.0. The average Bonchev–Trinajstić information content (AvgIpc) is 2.08. The zero-order valence-electron chi connectivity index (χ0n) is 10.0. The van der Waals surface area contributed by atoms with Gasteiger partial charge >= 0.3 is 0 Å². The quantitative estimate of drug-likeness (QED) is 0.798. The van der Waals surface area contributed by atoms with Gasteiger partial charge in [-0.1, -0.05) is 13.8 Å². The molecule has 15 heavy (non-hydrogen) atoms. The maximum atomic E-state index is 5.88. The third-order valence-electron chi connectivity index (χ3n) is 2.26. The van der Waals surface area contributed by atoms with E-state index < -0.39 is 0 Å². The fraction of sp³-hybridized carbons (Fsp3) is 0.583. The fourth-order valence-corrected chi connectivity index (χ4v) is 1.71. The summed E-state index contributed by atoms with van der Waals surface area (Å²) in [6.07, 6.45) is 2.95. The lowest BCUT2D eigenvalue weighted by Gasteiger charge is -2.17. The summed E-state index contributed by atoms with van der Waals surface area (Å²) in [6, 6.07) is 2.35. The standard InChI is InChI=1S/C12H21N3/c1-8(2)5-10(4)15-12-11(13)6-9(3)7-14-12/h6-8,10H,5,13H2,1-4H3,(H,14,15). The van der Waals surface area contributed by atoms with Gasteiger partial charge in [0.05, 0.1) is 5.69 Å². The molecule has 0 aromatic carbocycles. The van der Waals surface area contributed by atoms with E-state index in [4.69, 9.17) is 5.73 Å². The lowest BCUT2D eigenvalue weighted by atomic mass is 10.1. The number of aromatic nitrogens is 1. The van der Waals surface area contributed by atoms with Crippen molar-refractivity contribution in [1.29, 1.82) is 0 Å². The highest BCUT2D eigenvalue weighted by molar-refractivity contribution is 5.61. The van der Waals surface area contributed by atoms with Crippen LogP contribution >= 0.6 is 0 Å². The Morgan fingerprint density at radius 1 is 1.40 bits per heavy atom. The summed E-state index contributed by atoms with van der Waals surface area (Å²) >= 11 is 0. The molecule has 3 nitrogen and oxygen atoms in total. The first-order chi connectivity index (χ1) is 6.99. The minimum atomic E-state index is 0.405. The Bertz CT molecular complexity index is 321. The van der Waals surface area contributed by atoms with Crippen LogP contribution in [0.2, 0.25) is 0 Å². The first-order valence-electron chi connectivity index (χ1n) is 5.47. The summed E-state index contributed by atoms with van der Waals surface area (Å²) in [5.41, 5.74) is 7.70. The predicted octanol–water partition coefficient (Wildman–Crippen LogP) is 2.82. The highest BCUT2D eigenvalue weighted by Gasteiger charge is 2.07. The van der Waals surface area contributed by atoms with Crippen LogP contribution in [0.25, 0.3) is 0 Å². The molecule has 0 saturated heterocycles. The summed E-state index contributed by atoms with van der Waals surface area (Å²) < 4.78 is 0. The smallest absolute Gasteiger partial charge is 0.149 e.